The first kappa shape index (κ1) is 18.5. The van der Waals surface area contributed by atoms with Crippen LogP contribution < -0.4 is 4.74 Å². The van der Waals surface area contributed by atoms with Crippen molar-refractivity contribution in [3.8, 4) is 5.75 Å². The molecule has 26 heavy (non-hydrogen) atoms. The molecule has 1 heterocycles. The van der Waals surface area contributed by atoms with Gasteiger partial charge in [-0.3, -0.25) is 4.79 Å². The van der Waals surface area contributed by atoms with Crippen molar-refractivity contribution in [3.63, 3.8) is 0 Å². The number of rotatable bonds is 8. The van der Waals surface area contributed by atoms with Crippen molar-refractivity contribution in [1.82, 2.24) is 15.0 Å². The molecule has 0 aliphatic rings. The van der Waals surface area contributed by atoms with Gasteiger partial charge in [0, 0.05) is 17.1 Å². The number of Topliss-reactive ketones (excluding diaryl/α,β-unsaturated/α-hetero) is 1. The Balaban J connectivity index is 1.67. The third-order valence-electron chi connectivity index (χ3n) is 3.68. The highest BCUT2D eigenvalue weighted by atomic mass is 35.5. The number of ketones is 1. The van der Waals surface area contributed by atoms with E-state index in [4.69, 9.17) is 16.3 Å². The van der Waals surface area contributed by atoms with Crippen molar-refractivity contribution < 1.29 is 9.53 Å². The predicted molar refractivity (Wildman–Crippen MR) is 103 cm³/mol. The molecule has 0 bridgehead atoms. The van der Waals surface area contributed by atoms with E-state index in [2.05, 4.69) is 10.3 Å². The van der Waals surface area contributed by atoms with Crippen LogP contribution in [0.4, 0.5) is 0 Å². The fourth-order valence-corrected chi connectivity index (χ4v) is 3.46. The number of thioether (sulfide) groups is 1. The summed E-state index contributed by atoms with van der Waals surface area (Å²) in [6.45, 7) is 2.95. The zero-order chi connectivity index (χ0) is 18.4. The number of aryl methyl sites for hydroxylation is 1. The summed E-state index contributed by atoms with van der Waals surface area (Å²) in [6.07, 6.45) is 0. The standard InChI is InChI=1S/C19H18ClN3O2S/c1-2-23-19(26-13-18(24)14-6-4-3-5-7-14)17(21-22-23)12-25-16-10-8-15(20)9-11-16/h3-11H,2,12-13H2,1H3. The van der Waals surface area contributed by atoms with Gasteiger partial charge in [0.15, 0.2) is 5.78 Å². The van der Waals surface area contributed by atoms with Gasteiger partial charge < -0.3 is 4.74 Å². The van der Waals surface area contributed by atoms with Gasteiger partial charge in [0.25, 0.3) is 0 Å². The minimum absolute atomic E-state index is 0.0732. The van der Waals surface area contributed by atoms with Crippen LogP contribution in [0.15, 0.2) is 59.6 Å². The number of halogens is 1. The van der Waals surface area contributed by atoms with Gasteiger partial charge in [-0.15, -0.1) is 5.10 Å². The van der Waals surface area contributed by atoms with Crippen LogP contribution in [0.1, 0.15) is 23.0 Å². The molecule has 0 atom stereocenters. The van der Waals surface area contributed by atoms with Crippen molar-refractivity contribution in [2.75, 3.05) is 5.75 Å². The SMILES string of the molecule is CCn1nnc(COc2ccc(Cl)cc2)c1SCC(=O)c1ccccc1. The molecule has 134 valence electrons. The lowest BCUT2D eigenvalue weighted by atomic mass is 10.2. The average molecular weight is 388 g/mol. The Morgan fingerprint density at radius 2 is 1.88 bits per heavy atom. The number of carbonyl (C=O) groups excluding carboxylic acids is 1. The number of hydrogen-bond donors (Lipinski definition) is 0. The number of nitrogens with zero attached hydrogens (tertiary/aromatic N) is 3. The minimum atomic E-state index is 0.0732. The van der Waals surface area contributed by atoms with Crippen LogP contribution in [0.25, 0.3) is 0 Å². The van der Waals surface area contributed by atoms with E-state index in [0.717, 1.165) is 5.03 Å². The lowest BCUT2D eigenvalue weighted by Gasteiger charge is -2.08. The molecule has 0 saturated carbocycles. The molecule has 0 unspecified atom stereocenters. The third kappa shape index (κ3) is 4.65. The number of ether oxygens (including phenoxy) is 1. The van der Waals surface area contributed by atoms with E-state index in [1.807, 2.05) is 37.3 Å². The van der Waals surface area contributed by atoms with E-state index in [1.54, 1.807) is 28.9 Å². The molecular weight excluding hydrogens is 370 g/mol. The monoisotopic (exact) mass is 387 g/mol. The van der Waals surface area contributed by atoms with E-state index in [9.17, 15) is 4.79 Å². The molecule has 7 heteroatoms. The van der Waals surface area contributed by atoms with Crippen LogP contribution in [-0.4, -0.2) is 26.5 Å². The van der Waals surface area contributed by atoms with Crippen molar-refractivity contribution in [3.05, 3.63) is 70.9 Å². The quantitative estimate of drug-likeness (QED) is 0.420. The molecule has 2 aromatic carbocycles. The molecular formula is C19H18ClN3O2S. The third-order valence-corrected chi connectivity index (χ3v) is 5.06. The number of benzene rings is 2. The molecule has 3 aromatic rings. The average Bonchev–Trinajstić information content (AvgIpc) is 3.08. The van der Waals surface area contributed by atoms with Gasteiger partial charge in [0.2, 0.25) is 0 Å². The predicted octanol–water partition coefficient (Wildman–Crippen LogP) is 4.51. The molecule has 0 amide bonds. The molecule has 3 rings (SSSR count). The fourth-order valence-electron chi connectivity index (χ4n) is 2.32. The number of carbonyl (C=O) groups is 1. The molecule has 0 N–H and O–H groups in total. The highest BCUT2D eigenvalue weighted by Gasteiger charge is 2.16. The second-order valence-corrected chi connectivity index (χ2v) is 6.88. The van der Waals surface area contributed by atoms with Crippen LogP contribution in [0.3, 0.4) is 0 Å². The Labute approximate surface area is 161 Å². The Morgan fingerprint density at radius 3 is 2.58 bits per heavy atom. The second-order valence-electron chi connectivity index (χ2n) is 5.48. The van der Waals surface area contributed by atoms with E-state index < -0.39 is 0 Å². The van der Waals surface area contributed by atoms with Crippen LogP contribution in [0, 0.1) is 0 Å². The van der Waals surface area contributed by atoms with E-state index in [0.29, 0.717) is 34.3 Å². The highest BCUT2D eigenvalue weighted by Crippen LogP contribution is 2.24. The summed E-state index contributed by atoms with van der Waals surface area (Å²) < 4.78 is 7.55. The Morgan fingerprint density at radius 1 is 1.15 bits per heavy atom. The molecule has 0 aliphatic carbocycles. The zero-order valence-corrected chi connectivity index (χ0v) is 15.8. The fraction of sp³-hybridized carbons (Fsp3) is 0.211. The van der Waals surface area contributed by atoms with Crippen molar-refractivity contribution in [1.29, 1.82) is 0 Å². The molecule has 1 aromatic heterocycles. The second kappa shape index (κ2) is 8.87. The summed E-state index contributed by atoms with van der Waals surface area (Å²) in [4.78, 5) is 12.3. The Bertz CT molecular complexity index is 866. The summed E-state index contributed by atoms with van der Waals surface area (Å²) in [5.41, 5.74) is 1.42. The Kier molecular flexibility index (Phi) is 6.30. The first-order valence-electron chi connectivity index (χ1n) is 8.19. The van der Waals surface area contributed by atoms with Crippen molar-refractivity contribution in [2.45, 2.75) is 25.1 Å². The van der Waals surface area contributed by atoms with Crippen LogP contribution in [0.5, 0.6) is 5.75 Å². The van der Waals surface area contributed by atoms with E-state index in [-0.39, 0.29) is 12.4 Å². The van der Waals surface area contributed by atoms with Gasteiger partial charge in [-0.05, 0) is 31.2 Å². The highest BCUT2D eigenvalue weighted by molar-refractivity contribution is 8.00. The van der Waals surface area contributed by atoms with Crippen molar-refractivity contribution >= 4 is 29.1 Å². The molecule has 5 nitrogen and oxygen atoms in total. The summed E-state index contributed by atoms with van der Waals surface area (Å²) in [7, 11) is 0. The topological polar surface area (TPSA) is 57.0 Å². The molecule has 0 fully saturated rings. The van der Waals surface area contributed by atoms with Crippen LogP contribution >= 0.6 is 23.4 Å². The van der Waals surface area contributed by atoms with Gasteiger partial charge >= 0.3 is 0 Å². The smallest absolute Gasteiger partial charge is 0.173 e. The summed E-state index contributed by atoms with van der Waals surface area (Å²) in [5, 5.41) is 9.86. The maximum Gasteiger partial charge on any atom is 0.173 e. The van der Waals surface area contributed by atoms with Crippen molar-refractivity contribution in [2.24, 2.45) is 0 Å². The van der Waals surface area contributed by atoms with Gasteiger partial charge in [-0.2, -0.15) is 0 Å². The van der Waals surface area contributed by atoms with Gasteiger partial charge in [0.05, 0.1) is 5.75 Å². The maximum absolute atomic E-state index is 12.3. The summed E-state index contributed by atoms with van der Waals surface area (Å²) >= 11 is 7.31. The van der Waals surface area contributed by atoms with E-state index in [1.165, 1.54) is 11.8 Å². The number of aromatic nitrogens is 3. The van der Waals surface area contributed by atoms with Gasteiger partial charge in [-0.1, -0.05) is 58.9 Å². The minimum Gasteiger partial charge on any atom is -0.487 e. The molecule has 0 saturated heterocycles. The van der Waals surface area contributed by atoms with Crippen LogP contribution in [0.2, 0.25) is 5.02 Å². The maximum atomic E-state index is 12.3. The molecule has 0 aliphatic heterocycles. The lowest BCUT2D eigenvalue weighted by Crippen LogP contribution is -2.06. The largest absolute Gasteiger partial charge is 0.487 e. The first-order valence-corrected chi connectivity index (χ1v) is 9.55. The van der Waals surface area contributed by atoms with Gasteiger partial charge in [0.1, 0.15) is 23.1 Å². The Hall–Kier alpha value is -2.31. The lowest BCUT2D eigenvalue weighted by molar-refractivity contribution is 0.102. The molecule has 0 radical (unpaired) electrons. The van der Waals surface area contributed by atoms with Gasteiger partial charge in [-0.25, -0.2) is 4.68 Å². The van der Waals surface area contributed by atoms with E-state index >= 15 is 0 Å². The first-order chi connectivity index (χ1) is 12.7. The number of hydrogen-bond acceptors (Lipinski definition) is 5. The normalized spacial score (nSPS) is 10.7. The van der Waals surface area contributed by atoms with Crippen LogP contribution in [-0.2, 0) is 13.2 Å². The summed E-state index contributed by atoms with van der Waals surface area (Å²) in [6, 6.07) is 16.4. The summed E-state index contributed by atoms with van der Waals surface area (Å²) in [5.74, 6) is 1.10. The zero-order valence-electron chi connectivity index (χ0n) is 14.3. The molecule has 0 spiro atoms.